The molecular weight excluding hydrogens is 276 g/mol. The molecule has 0 saturated heterocycles. The number of nitrogens with one attached hydrogen (secondary N) is 1. The number of rotatable bonds is 6. The first-order valence-corrected chi connectivity index (χ1v) is 6.23. The average molecular weight is 292 g/mol. The summed E-state index contributed by atoms with van der Waals surface area (Å²) in [4.78, 5) is 22.8. The van der Waals surface area contributed by atoms with Crippen molar-refractivity contribution in [2.24, 2.45) is 0 Å². The van der Waals surface area contributed by atoms with E-state index in [1.54, 1.807) is 12.1 Å². The van der Waals surface area contributed by atoms with Gasteiger partial charge in [-0.25, -0.2) is 4.79 Å². The van der Waals surface area contributed by atoms with Crippen molar-refractivity contribution in [3.8, 4) is 11.8 Å². The van der Waals surface area contributed by atoms with Crippen molar-refractivity contribution in [2.45, 2.75) is 32.1 Å². The van der Waals surface area contributed by atoms with Crippen LogP contribution in [0.1, 0.15) is 19.4 Å². The highest BCUT2D eigenvalue weighted by molar-refractivity contribution is 5.86. The maximum absolute atomic E-state index is 11.9. The first-order chi connectivity index (χ1) is 9.86. The minimum Gasteiger partial charge on any atom is -0.480 e. The number of aliphatic hydroxyl groups is 1. The van der Waals surface area contributed by atoms with Gasteiger partial charge in [-0.05, 0) is 26.0 Å². The molecule has 0 fully saturated rings. The van der Waals surface area contributed by atoms with Crippen molar-refractivity contribution in [3.63, 3.8) is 0 Å². The normalized spacial score (nSPS) is 14.4. The van der Waals surface area contributed by atoms with Crippen LogP contribution in [-0.4, -0.2) is 40.3 Å². The molecule has 0 heterocycles. The van der Waals surface area contributed by atoms with Crippen molar-refractivity contribution < 1.29 is 24.5 Å². The van der Waals surface area contributed by atoms with Crippen LogP contribution in [0, 0.1) is 11.3 Å². The predicted octanol–water partition coefficient (Wildman–Crippen LogP) is 0.276. The summed E-state index contributed by atoms with van der Waals surface area (Å²) in [6, 6.07) is 6.88. The number of carboxylic acids is 1. The molecule has 0 bridgehead atoms. The zero-order valence-electron chi connectivity index (χ0n) is 11.6. The summed E-state index contributed by atoms with van der Waals surface area (Å²) >= 11 is 0. The molecular formula is C14H16N2O5. The van der Waals surface area contributed by atoms with E-state index in [1.165, 1.54) is 26.0 Å². The Bertz CT molecular complexity index is 565. The lowest BCUT2D eigenvalue weighted by Crippen LogP contribution is -2.51. The van der Waals surface area contributed by atoms with Crippen molar-refractivity contribution in [1.82, 2.24) is 5.32 Å². The first kappa shape index (κ1) is 16.5. The van der Waals surface area contributed by atoms with Gasteiger partial charge >= 0.3 is 5.97 Å². The topological polar surface area (TPSA) is 120 Å². The molecule has 7 nitrogen and oxygen atoms in total. The number of hydrogen-bond acceptors (Lipinski definition) is 5. The number of carbonyl (C=O) groups excluding carboxylic acids is 1. The number of carbonyl (C=O) groups is 2. The number of ether oxygens (including phenoxy) is 1. The largest absolute Gasteiger partial charge is 0.480 e. The minimum absolute atomic E-state index is 0.228. The molecule has 0 aliphatic rings. The van der Waals surface area contributed by atoms with E-state index in [0.29, 0.717) is 0 Å². The van der Waals surface area contributed by atoms with Gasteiger partial charge in [-0.3, -0.25) is 4.79 Å². The van der Waals surface area contributed by atoms with Crippen molar-refractivity contribution in [3.05, 3.63) is 29.8 Å². The third kappa shape index (κ3) is 4.47. The maximum atomic E-state index is 11.9. The molecule has 21 heavy (non-hydrogen) atoms. The number of nitrogens with zero attached hydrogens (tertiary/aromatic N) is 1. The van der Waals surface area contributed by atoms with Gasteiger partial charge < -0.3 is 20.3 Å². The predicted molar refractivity (Wildman–Crippen MR) is 72.5 cm³/mol. The van der Waals surface area contributed by atoms with Crippen LogP contribution in [0.4, 0.5) is 0 Å². The lowest BCUT2D eigenvalue weighted by molar-refractivity contribution is -0.145. The third-order valence-corrected chi connectivity index (χ3v) is 2.73. The lowest BCUT2D eigenvalue weighted by atomic mass is 10.1. The summed E-state index contributed by atoms with van der Waals surface area (Å²) in [5.41, 5.74) is 0.266. The lowest BCUT2D eigenvalue weighted by Gasteiger charge is -2.20. The first-order valence-electron chi connectivity index (χ1n) is 6.23. The maximum Gasteiger partial charge on any atom is 0.328 e. The number of aliphatic carboxylic acids is 1. The number of benzene rings is 1. The number of carboxylic acid groups (broad SMARTS) is 1. The molecule has 3 atom stereocenters. The number of aliphatic hydroxyl groups excluding tert-OH is 1. The molecule has 3 N–H and O–H groups in total. The van der Waals surface area contributed by atoms with Crippen molar-refractivity contribution >= 4 is 11.9 Å². The highest BCUT2D eigenvalue weighted by atomic mass is 16.5. The molecule has 0 radical (unpaired) electrons. The van der Waals surface area contributed by atoms with Gasteiger partial charge in [0.15, 0.2) is 12.1 Å². The minimum atomic E-state index is -1.42. The second kappa shape index (κ2) is 7.26. The average Bonchev–Trinajstić information content (AvgIpc) is 2.44. The van der Waals surface area contributed by atoms with Gasteiger partial charge in [-0.15, -0.1) is 0 Å². The van der Waals surface area contributed by atoms with Gasteiger partial charge in [-0.2, -0.15) is 5.26 Å². The Balaban J connectivity index is 2.75. The Morgan fingerprint density at radius 3 is 2.48 bits per heavy atom. The molecule has 1 amide bonds. The second-order valence-electron chi connectivity index (χ2n) is 4.43. The zero-order valence-corrected chi connectivity index (χ0v) is 11.6. The standard InChI is InChI=1S/C14H16N2O5/c1-8(17)12(14(19)20)16-13(18)9(2)21-11-6-4-3-5-10(11)7-15/h3-6,8-9,12,17H,1-2H3,(H,16,18)(H,19,20). The summed E-state index contributed by atoms with van der Waals surface area (Å²) < 4.78 is 5.35. The van der Waals surface area contributed by atoms with Crippen LogP contribution in [0.3, 0.4) is 0 Å². The number of hydrogen-bond donors (Lipinski definition) is 3. The summed E-state index contributed by atoms with van der Waals surface area (Å²) in [6.45, 7) is 2.68. The zero-order chi connectivity index (χ0) is 16.0. The van der Waals surface area contributed by atoms with Crippen LogP contribution in [0.25, 0.3) is 0 Å². The van der Waals surface area contributed by atoms with Gasteiger partial charge in [0.1, 0.15) is 11.8 Å². The van der Waals surface area contributed by atoms with Gasteiger partial charge in [-0.1, -0.05) is 12.1 Å². The molecule has 0 aliphatic heterocycles. The van der Waals surface area contributed by atoms with E-state index in [0.717, 1.165) is 0 Å². The Hall–Kier alpha value is -2.59. The number of para-hydroxylation sites is 1. The van der Waals surface area contributed by atoms with Crippen LogP contribution < -0.4 is 10.1 Å². The summed E-state index contributed by atoms with van der Waals surface area (Å²) in [7, 11) is 0. The molecule has 3 unspecified atom stereocenters. The number of amides is 1. The molecule has 1 aromatic rings. The fraction of sp³-hybridized carbons (Fsp3) is 0.357. The summed E-state index contributed by atoms with van der Waals surface area (Å²) in [5, 5.41) is 29.3. The van der Waals surface area contributed by atoms with E-state index in [2.05, 4.69) is 5.32 Å². The van der Waals surface area contributed by atoms with E-state index < -0.39 is 30.1 Å². The smallest absolute Gasteiger partial charge is 0.328 e. The van der Waals surface area contributed by atoms with Gasteiger partial charge in [0.2, 0.25) is 0 Å². The second-order valence-corrected chi connectivity index (χ2v) is 4.43. The monoisotopic (exact) mass is 292 g/mol. The molecule has 1 rings (SSSR count). The van der Waals surface area contributed by atoms with Crippen LogP contribution >= 0.6 is 0 Å². The highest BCUT2D eigenvalue weighted by Crippen LogP contribution is 2.18. The van der Waals surface area contributed by atoms with Gasteiger partial charge in [0.05, 0.1) is 11.7 Å². The van der Waals surface area contributed by atoms with Crippen LogP contribution in [0.2, 0.25) is 0 Å². The highest BCUT2D eigenvalue weighted by Gasteiger charge is 2.27. The fourth-order valence-corrected chi connectivity index (χ4v) is 1.57. The van der Waals surface area contributed by atoms with Gasteiger partial charge in [0, 0.05) is 0 Å². The molecule has 7 heteroatoms. The Labute approximate surface area is 121 Å². The van der Waals surface area contributed by atoms with E-state index in [1.807, 2.05) is 6.07 Å². The fourth-order valence-electron chi connectivity index (χ4n) is 1.57. The van der Waals surface area contributed by atoms with Crippen LogP contribution in [0.15, 0.2) is 24.3 Å². The Morgan fingerprint density at radius 1 is 1.33 bits per heavy atom. The van der Waals surface area contributed by atoms with Crippen LogP contribution in [-0.2, 0) is 9.59 Å². The van der Waals surface area contributed by atoms with Crippen molar-refractivity contribution in [2.75, 3.05) is 0 Å². The van der Waals surface area contributed by atoms with E-state index >= 15 is 0 Å². The van der Waals surface area contributed by atoms with Crippen molar-refractivity contribution in [1.29, 1.82) is 5.26 Å². The molecule has 1 aromatic carbocycles. The molecule has 0 aliphatic carbocycles. The Morgan fingerprint density at radius 2 is 1.95 bits per heavy atom. The summed E-state index contributed by atoms with van der Waals surface area (Å²) in [6.07, 6.45) is -2.26. The van der Waals surface area contributed by atoms with E-state index in [4.69, 9.17) is 15.1 Å². The Kier molecular flexibility index (Phi) is 5.69. The van der Waals surface area contributed by atoms with Crippen LogP contribution in [0.5, 0.6) is 5.75 Å². The molecule has 112 valence electrons. The summed E-state index contributed by atoms with van der Waals surface area (Å²) in [5.74, 6) is -1.81. The molecule has 0 aromatic heterocycles. The molecule has 0 spiro atoms. The molecule has 0 saturated carbocycles. The SMILES string of the molecule is CC(Oc1ccccc1C#N)C(=O)NC(C(=O)O)C(C)O. The van der Waals surface area contributed by atoms with E-state index in [-0.39, 0.29) is 11.3 Å². The number of nitriles is 1. The van der Waals surface area contributed by atoms with Gasteiger partial charge in [0.25, 0.3) is 5.91 Å². The third-order valence-electron chi connectivity index (χ3n) is 2.73. The quantitative estimate of drug-likeness (QED) is 0.692. The van der Waals surface area contributed by atoms with E-state index in [9.17, 15) is 14.7 Å².